The van der Waals surface area contributed by atoms with Gasteiger partial charge >= 0.3 is 6.03 Å². The minimum Gasteiger partial charge on any atom is -0.332 e. The van der Waals surface area contributed by atoms with Crippen molar-refractivity contribution in [2.45, 2.75) is 70.8 Å². The predicted octanol–water partition coefficient (Wildman–Crippen LogP) is 4.90. The van der Waals surface area contributed by atoms with Crippen LogP contribution in [0.1, 0.15) is 63.5 Å². The summed E-state index contributed by atoms with van der Waals surface area (Å²) in [5, 5.41) is 6.63. The normalized spacial score (nSPS) is 33.5. The number of urea groups is 1. The van der Waals surface area contributed by atoms with Gasteiger partial charge in [-0.3, -0.25) is 0 Å². The van der Waals surface area contributed by atoms with Crippen LogP contribution in [-0.2, 0) is 12.8 Å². The van der Waals surface area contributed by atoms with Gasteiger partial charge < -0.3 is 10.6 Å². The number of anilines is 1. The number of hydrogen-bond donors (Lipinski definition) is 2. The van der Waals surface area contributed by atoms with Crippen molar-refractivity contribution in [2.75, 3.05) is 5.32 Å². The zero-order chi connectivity index (χ0) is 16.7. The molecule has 4 aliphatic carbocycles. The molecule has 3 heteroatoms. The zero-order valence-corrected chi connectivity index (χ0v) is 15.0. The molecule has 0 atom stereocenters. The Morgan fingerprint density at radius 2 is 1.50 bits per heavy atom. The molecule has 130 valence electrons. The van der Waals surface area contributed by atoms with Gasteiger partial charge in [0.2, 0.25) is 0 Å². The number of benzene rings is 1. The Morgan fingerprint density at radius 3 is 1.96 bits per heavy atom. The molecular weight excluding hydrogens is 296 g/mol. The maximum absolute atomic E-state index is 12.8. The molecule has 2 amide bonds. The largest absolute Gasteiger partial charge is 0.332 e. The zero-order valence-electron chi connectivity index (χ0n) is 15.0. The fourth-order valence-electron chi connectivity index (χ4n) is 6.05. The Balaban J connectivity index is 1.50. The van der Waals surface area contributed by atoms with Crippen LogP contribution in [0.5, 0.6) is 0 Å². The van der Waals surface area contributed by atoms with Crippen LogP contribution in [0, 0.1) is 17.8 Å². The van der Waals surface area contributed by atoms with Crippen LogP contribution in [0.3, 0.4) is 0 Å². The SMILES string of the molecule is CCc1cccc(CC)c1NC(=O)NC12CC3CC(CC(C3)C1)C2. The van der Waals surface area contributed by atoms with Crippen molar-refractivity contribution in [2.24, 2.45) is 17.8 Å². The average molecular weight is 326 g/mol. The minimum atomic E-state index is 0.00699. The van der Waals surface area contributed by atoms with E-state index in [1.807, 2.05) is 0 Å². The summed E-state index contributed by atoms with van der Waals surface area (Å²) in [4.78, 5) is 12.8. The molecule has 24 heavy (non-hydrogen) atoms. The number of nitrogens with one attached hydrogen (secondary N) is 2. The standard InChI is InChI=1S/C21H30N2O/c1-3-17-6-5-7-18(4-2)19(17)22-20(24)23-21-11-14-8-15(12-21)10-16(9-14)13-21/h5-7,14-16H,3-4,8-13H2,1-2H3,(H2,22,23,24). The highest BCUT2D eigenvalue weighted by atomic mass is 16.2. The summed E-state index contributed by atoms with van der Waals surface area (Å²) in [7, 11) is 0. The van der Waals surface area contributed by atoms with Crippen LogP contribution in [0.15, 0.2) is 18.2 Å². The Bertz CT molecular complexity index is 579. The summed E-state index contributed by atoms with van der Waals surface area (Å²) in [6, 6.07) is 6.35. The molecule has 0 aromatic heterocycles. The monoisotopic (exact) mass is 326 g/mol. The number of hydrogen-bond acceptors (Lipinski definition) is 1. The lowest BCUT2D eigenvalue weighted by molar-refractivity contribution is -0.0127. The van der Waals surface area contributed by atoms with E-state index in [4.69, 9.17) is 0 Å². The van der Waals surface area contributed by atoms with Gasteiger partial charge in [-0.1, -0.05) is 32.0 Å². The number of carbonyl (C=O) groups excluding carboxylic acids is 1. The molecule has 0 radical (unpaired) electrons. The first-order chi connectivity index (χ1) is 11.6. The number of aryl methyl sites for hydroxylation is 2. The molecule has 5 rings (SSSR count). The highest BCUT2D eigenvalue weighted by Crippen LogP contribution is 2.55. The van der Waals surface area contributed by atoms with E-state index in [1.54, 1.807) is 0 Å². The van der Waals surface area contributed by atoms with Gasteiger partial charge in [-0.25, -0.2) is 4.79 Å². The number of amides is 2. The summed E-state index contributed by atoms with van der Waals surface area (Å²) in [6.45, 7) is 4.30. The Hall–Kier alpha value is -1.51. The van der Waals surface area contributed by atoms with Crippen LogP contribution in [0.2, 0.25) is 0 Å². The first-order valence-electron chi connectivity index (χ1n) is 9.80. The van der Waals surface area contributed by atoms with Gasteiger partial charge in [-0.2, -0.15) is 0 Å². The Kier molecular flexibility index (Phi) is 4.06. The van der Waals surface area contributed by atoms with E-state index in [1.165, 1.54) is 49.7 Å². The molecule has 4 fully saturated rings. The molecule has 4 aliphatic rings. The summed E-state index contributed by atoms with van der Waals surface area (Å²) >= 11 is 0. The third-order valence-electron chi connectivity index (χ3n) is 6.65. The van der Waals surface area contributed by atoms with Crippen LogP contribution in [-0.4, -0.2) is 11.6 Å². The first kappa shape index (κ1) is 16.0. The van der Waals surface area contributed by atoms with Crippen LogP contribution >= 0.6 is 0 Å². The number of carbonyl (C=O) groups is 1. The molecule has 3 nitrogen and oxygen atoms in total. The molecule has 0 spiro atoms. The Labute approximate surface area is 145 Å². The van der Waals surface area contributed by atoms with E-state index in [9.17, 15) is 4.79 Å². The van der Waals surface area contributed by atoms with Crippen LogP contribution in [0.25, 0.3) is 0 Å². The van der Waals surface area contributed by atoms with Crippen molar-refractivity contribution >= 4 is 11.7 Å². The maximum atomic E-state index is 12.8. The van der Waals surface area contributed by atoms with Crippen molar-refractivity contribution < 1.29 is 4.79 Å². The summed E-state index contributed by atoms with van der Waals surface area (Å²) in [5.41, 5.74) is 3.57. The lowest BCUT2D eigenvalue weighted by atomic mass is 9.53. The van der Waals surface area contributed by atoms with E-state index < -0.39 is 0 Å². The molecule has 4 saturated carbocycles. The number of rotatable bonds is 4. The van der Waals surface area contributed by atoms with E-state index in [2.05, 4.69) is 42.7 Å². The lowest BCUT2D eigenvalue weighted by Gasteiger charge is -2.56. The Morgan fingerprint density at radius 1 is 1.00 bits per heavy atom. The molecule has 1 aromatic carbocycles. The van der Waals surface area contributed by atoms with Crippen molar-refractivity contribution in [3.63, 3.8) is 0 Å². The van der Waals surface area contributed by atoms with Crippen LogP contribution < -0.4 is 10.6 Å². The second-order valence-corrected chi connectivity index (χ2v) is 8.44. The quantitative estimate of drug-likeness (QED) is 0.811. The van der Waals surface area contributed by atoms with Gasteiger partial charge in [0.25, 0.3) is 0 Å². The molecule has 0 heterocycles. The van der Waals surface area contributed by atoms with E-state index in [-0.39, 0.29) is 11.6 Å². The third kappa shape index (κ3) is 2.82. The first-order valence-corrected chi connectivity index (χ1v) is 9.80. The van der Waals surface area contributed by atoms with Crippen molar-refractivity contribution in [1.82, 2.24) is 5.32 Å². The molecular formula is C21H30N2O. The summed E-state index contributed by atoms with van der Waals surface area (Å²) < 4.78 is 0. The van der Waals surface area contributed by atoms with Gasteiger partial charge in [-0.05, 0) is 80.2 Å². The van der Waals surface area contributed by atoms with Crippen LogP contribution in [0.4, 0.5) is 10.5 Å². The highest BCUT2D eigenvalue weighted by molar-refractivity contribution is 5.91. The maximum Gasteiger partial charge on any atom is 0.319 e. The molecule has 0 aliphatic heterocycles. The van der Waals surface area contributed by atoms with Gasteiger partial charge in [0.1, 0.15) is 0 Å². The van der Waals surface area contributed by atoms with E-state index in [0.717, 1.165) is 36.3 Å². The van der Waals surface area contributed by atoms with Gasteiger partial charge in [0, 0.05) is 11.2 Å². The van der Waals surface area contributed by atoms with E-state index >= 15 is 0 Å². The fourth-order valence-corrected chi connectivity index (χ4v) is 6.05. The lowest BCUT2D eigenvalue weighted by Crippen LogP contribution is -2.60. The molecule has 2 N–H and O–H groups in total. The van der Waals surface area contributed by atoms with Gasteiger partial charge in [-0.15, -0.1) is 0 Å². The molecule has 4 bridgehead atoms. The average Bonchev–Trinajstić information content (AvgIpc) is 2.53. The smallest absolute Gasteiger partial charge is 0.319 e. The van der Waals surface area contributed by atoms with Crippen molar-refractivity contribution in [3.8, 4) is 0 Å². The molecule has 0 saturated heterocycles. The molecule has 0 unspecified atom stereocenters. The molecule has 1 aromatic rings. The van der Waals surface area contributed by atoms with Crippen molar-refractivity contribution in [3.05, 3.63) is 29.3 Å². The second kappa shape index (κ2) is 6.09. The number of para-hydroxylation sites is 1. The minimum absolute atomic E-state index is 0.00699. The summed E-state index contributed by atoms with van der Waals surface area (Å²) in [5.74, 6) is 2.56. The second-order valence-electron chi connectivity index (χ2n) is 8.44. The van der Waals surface area contributed by atoms with Gasteiger partial charge in [0.15, 0.2) is 0 Å². The van der Waals surface area contributed by atoms with E-state index in [0.29, 0.717) is 0 Å². The highest BCUT2D eigenvalue weighted by Gasteiger charge is 2.51. The van der Waals surface area contributed by atoms with Crippen molar-refractivity contribution in [1.29, 1.82) is 0 Å². The summed E-state index contributed by atoms with van der Waals surface area (Å²) in [6.07, 6.45) is 9.69. The topological polar surface area (TPSA) is 41.1 Å². The predicted molar refractivity (Wildman–Crippen MR) is 98.3 cm³/mol. The van der Waals surface area contributed by atoms with Gasteiger partial charge in [0.05, 0.1) is 0 Å². The third-order valence-corrected chi connectivity index (χ3v) is 6.65. The fraction of sp³-hybridized carbons (Fsp3) is 0.667.